The van der Waals surface area contributed by atoms with Gasteiger partial charge in [-0.05, 0) is 25.0 Å². The molecule has 2 aromatic heterocycles. The average Bonchev–Trinajstić information content (AvgIpc) is 3.22. The van der Waals surface area contributed by atoms with Gasteiger partial charge < -0.3 is 14.6 Å². The molecule has 8 heteroatoms. The highest BCUT2D eigenvalue weighted by Gasteiger charge is 2.17. The minimum atomic E-state index is -0.0172. The maximum absolute atomic E-state index is 11.9. The lowest BCUT2D eigenvalue weighted by Gasteiger charge is -2.10. The molecule has 0 spiro atoms. The van der Waals surface area contributed by atoms with Gasteiger partial charge in [0.15, 0.2) is 11.0 Å². The lowest BCUT2D eigenvalue weighted by atomic mass is 10.2. The van der Waals surface area contributed by atoms with Crippen LogP contribution in [-0.4, -0.2) is 50.7 Å². The summed E-state index contributed by atoms with van der Waals surface area (Å²) in [5, 5.41) is 11.9. The second-order valence-corrected chi connectivity index (χ2v) is 6.28. The van der Waals surface area contributed by atoms with Crippen LogP contribution in [0.5, 0.6) is 0 Å². The van der Waals surface area contributed by atoms with E-state index in [0.29, 0.717) is 17.5 Å². The number of pyridine rings is 1. The summed E-state index contributed by atoms with van der Waals surface area (Å²) >= 11 is 1.37. The van der Waals surface area contributed by atoms with Gasteiger partial charge in [0, 0.05) is 38.2 Å². The Morgan fingerprint density at radius 3 is 3.17 bits per heavy atom. The molecule has 1 fully saturated rings. The summed E-state index contributed by atoms with van der Waals surface area (Å²) < 4.78 is 7.35. The van der Waals surface area contributed by atoms with E-state index in [1.807, 2.05) is 23.7 Å². The van der Waals surface area contributed by atoms with Crippen molar-refractivity contribution in [2.24, 2.45) is 7.05 Å². The molecule has 0 aliphatic carbocycles. The normalized spacial score (nSPS) is 17.3. The molecule has 0 saturated carbocycles. The molecule has 1 aliphatic heterocycles. The SMILES string of the molecule is Cn1c(SCC(=O)NC[C@H]2CCCO2)nnc1-c1cccnc1. The Hall–Kier alpha value is -1.93. The van der Waals surface area contributed by atoms with Crippen molar-refractivity contribution in [3.63, 3.8) is 0 Å². The lowest BCUT2D eigenvalue weighted by molar-refractivity contribution is -0.119. The first-order valence-corrected chi connectivity index (χ1v) is 8.53. The molecule has 7 nitrogen and oxygen atoms in total. The number of nitrogens with zero attached hydrogens (tertiary/aromatic N) is 4. The molecule has 3 heterocycles. The van der Waals surface area contributed by atoms with Gasteiger partial charge in [-0.3, -0.25) is 9.78 Å². The van der Waals surface area contributed by atoms with Crippen molar-refractivity contribution < 1.29 is 9.53 Å². The molecule has 23 heavy (non-hydrogen) atoms. The Bertz CT molecular complexity index is 655. The van der Waals surface area contributed by atoms with Gasteiger partial charge in [0.1, 0.15) is 0 Å². The molecule has 1 atom stereocenters. The molecule has 0 bridgehead atoms. The van der Waals surface area contributed by atoms with E-state index in [2.05, 4.69) is 20.5 Å². The first-order valence-electron chi connectivity index (χ1n) is 7.55. The maximum Gasteiger partial charge on any atom is 0.230 e. The minimum Gasteiger partial charge on any atom is -0.376 e. The molecule has 1 N–H and O–H groups in total. The fourth-order valence-electron chi connectivity index (χ4n) is 2.40. The number of thioether (sulfide) groups is 1. The first kappa shape index (κ1) is 15.9. The van der Waals surface area contributed by atoms with Crippen LogP contribution in [0.3, 0.4) is 0 Å². The highest BCUT2D eigenvalue weighted by atomic mass is 32.2. The fourth-order valence-corrected chi connectivity index (χ4v) is 3.14. The molecule has 0 aromatic carbocycles. The number of rotatable bonds is 6. The van der Waals surface area contributed by atoms with Crippen LogP contribution in [0.1, 0.15) is 12.8 Å². The Balaban J connectivity index is 1.52. The predicted molar refractivity (Wildman–Crippen MR) is 86.9 cm³/mol. The number of nitrogens with one attached hydrogen (secondary N) is 1. The number of carbonyl (C=O) groups excluding carboxylic acids is 1. The monoisotopic (exact) mass is 333 g/mol. The number of hydrogen-bond acceptors (Lipinski definition) is 6. The third-order valence-corrected chi connectivity index (χ3v) is 4.66. The van der Waals surface area contributed by atoms with Crippen molar-refractivity contribution >= 4 is 17.7 Å². The van der Waals surface area contributed by atoms with Gasteiger partial charge in [-0.25, -0.2) is 0 Å². The van der Waals surface area contributed by atoms with Crippen molar-refractivity contribution in [3.05, 3.63) is 24.5 Å². The van der Waals surface area contributed by atoms with E-state index >= 15 is 0 Å². The minimum absolute atomic E-state index is 0.0172. The zero-order chi connectivity index (χ0) is 16.1. The number of amides is 1. The molecular weight excluding hydrogens is 314 g/mol. The molecular formula is C15H19N5O2S. The Kier molecular flexibility index (Phi) is 5.24. The van der Waals surface area contributed by atoms with Gasteiger partial charge in [0.25, 0.3) is 0 Å². The van der Waals surface area contributed by atoms with Gasteiger partial charge in [0.05, 0.1) is 11.9 Å². The number of ether oxygens (including phenoxy) is 1. The third-order valence-electron chi connectivity index (χ3n) is 3.64. The van der Waals surface area contributed by atoms with E-state index in [9.17, 15) is 4.79 Å². The van der Waals surface area contributed by atoms with Crippen LogP contribution in [0.2, 0.25) is 0 Å². The summed E-state index contributed by atoms with van der Waals surface area (Å²) in [6.45, 7) is 1.38. The van der Waals surface area contributed by atoms with Crippen LogP contribution in [0.25, 0.3) is 11.4 Å². The van der Waals surface area contributed by atoms with Gasteiger partial charge >= 0.3 is 0 Å². The highest BCUT2D eigenvalue weighted by Crippen LogP contribution is 2.21. The highest BCUT2D eigenvalue weighted by molar-refractivity contribution is 7.99. The standard InChI is InChI=1S/C15H19N5O2S/c1-20-14(11-4-2-6-16-8-11)18-19-15(20)23-10-13(21)17-9-12-5-3-7-22-12/h2,4,6,8,12H,3,5,7,9-10H2,1H3,(H,17,21)/t12-/m1/s1. The lowest BCUT2D eigenvalue weighted by Crippen LogP contribution is -2.32. The van der Waals surface area contributed by atoms with Crippen molar-refractivity contribution in [3.8, 4) is 11.4 Å². The quantitative estimate of drug-likeness (QED) is 0.802. The average molecular weight is 333 g/mol. The topological polar surface area (TPSA) is 81.9 Å². The molecule has 0 radical (unpaired) electrons. The van der Waals surface area contributed by atoms with Crippen molar-refractivity contribution in [2.75, 3.05) is 18.9 Å². The van der Waals surface area contributed by atoms with Crippen LogP contribution >= 0.6 is 11.8 Å². The van der Waals surface area contributed by atoms with Crippen LogP contribution in [0.4, 0.5) is 0 Å². The second kappa shape index (κ2) is 7.56. The molecule has 2 aromatic rings. The zero-order valence-electron chi connectivity index (χ0n) is 12.9. The van der Waals surface area contributed by atoms with E-state index in [0.717, 1.165) is 30.8 Å². The van der Waals surface area contributed by atoms with Crippen LogP contribution in [-0.2, 0) is 16.6 Å². The molecule has 0 unspecified atom stereocenters. The van der Waals surface area contributed by atoms with Gasteiger partial charge in [-0.2, -0.15) is 0 Å². The van der Waals surface area contributed by atoms with E-state index in [4.69, 9.17) is 4.74 Å². The van der Waals surface area contributed by atoms with E-state index in [1.165, 1.54) is 11.8 Å². The van der Waals surface area contributed by atoms with Crippen molar-refractivity contribution in [2.45, 2.75) is 24.1 Å². The van der Waals surface area contributed by atoms with Crippen molar-refractivity contribution in [1.82, 2.24) is 25.1 Å². The van der Waals surface area contributed by atoms with Crippen LogP contribution < -0.4 is 5.32 Å². The van der Waals surface area contributed by atoms with Crippen LogP contribution in [0.15, 0.2) is 29.7 Å². The molecule has 122 valence electrons. The fraction of sp³-hybridized carbons (Fsp3) is 0.467. The summed E-state index contributed by atoms with van der Waals surface area (Å²) in [7, 11) is 1.88. The van der Waals surface area contributed by atoms with Gasteiger partial charge in [0.2, 0.25) is 5.91 Å². The third kappa shape index (κ3) is 4.08. The largest absolute Gasteiger partial charge is 0.376 e. The van der Waals surface area contributed by atoms with E-state index in [1.54, 1.807) is 12.4 Å². The summed E-state index contributed by atoms with van der Waals surface area (Å²) in [4.78, 5) is 16.0. The Morgan fingerprint density at radius 1 is 1.52 bits per heavy atom. The van der Waals surface area contributed by atoms with E-state index in [-0.39, 0.29) is 12.0 Å². The Morgan fingerprint density at radius 2 is 2.43 bits per heavy atom. The Labute approximate surface area is 138 Å². The number of hydrogen-bond donors (Lipinski definition) is 1. The molecule has 3 rings (SSSR count). The predicted octanol–water partition coefficient (Wildman–Crippen LogP) is 1.26. The number of aromatic nitrogens is 4. The summed E-state index contributed by atoms with van der Waals surface area (Å²) in [5.74, 6) is 1.03. The summed E-state index contributed by atoms with van der Waals surface area (Å²) in [6, 6.07) is 3.79. The first-order chi connectivity index (χ1) is 11.2. The molecule has 1 amide bonds. The summed E-state index contributed by atoms with van der Waals surface area (Å²) in [5.41, 5.74) is 0.900. The summed E-state index contributed by atoms with van der Waals surface area (Å²) in [6.07, 6.45) is 5.72. The zero-order valence-corrected chi connectivity index (χ0v) is 13.8. The number of carbonyl (C=O) groups is 1. The van der Waals surface area contributed by atoms with Crippen molar-refractivity contribution in [1.29, 1.82) is 0 Å². The smallest absolute Gasteiger partial charge is 0.230 e. The molecule has 1 saturated heterocycles. The second-order valence-electron chi connectivity index (χ2n) is 5.33. The van der Waals surface area contributed by atoms with E-state index < -0.39 is 0 Å². The van der Waals surface area contributed by atoms with Gasteiger partial charge in [-0.15, -0.1) is 10.2 Å². The van der Waals surface area contributed by atoms with Crippen LogP contribution in [0, 0.1) is 0 Å². The maximum atomic E-state index is 11.9. The molecule has 1 aliphatic rings. The van der Waals surface area contributed by atoms with Gasteiger partial charge in [-0.1, -0.05) is 11.8 Å².